The Labute approximate surface area is 135 Å². The van der Waals surface area contributed by atoms with Gasteiger partial charge in [0.2, 0.25) is 0 Å². The van der Waals surface area contributed by atoms with Crippen LogP contribution in [0.15, 0.2) is 48.5 Å². The first-order valence-electron chi connectivity index (χ1n) is 7.43. The summed E-state index contributed by atoms with van der Waals surface area (Å²) in [5, 5.41) is 13.6. The first kappa shape index (κ1) is 15.0. The van der Waals surface area contributed by atoms with Crippen molar-refractivity contribution in [3.63, 3.8) is 0 Å². The van der Waals surface area contributed by atoms with Crippen LogP contribution < -0.4 is 0 Å². The Morgan fingerprint density at radius 2 is 1.52 bits per heavy atom. The van der Waals surface area contributed by atoms with Crippen molar-refractivity contribution in [2.75, 3.05) is 0 Å². The number of benzene rings is 2. The molecule has 2 aromatic carbocycles. The maximum Gasteiger partial charge on any atom is 0.356 e. The van der Waals surface area contributed by atoms with Gasteiger partial charge >= 0.3 is 5.97 Å². The fourth-order valence-corrected chi connectivity index (χ4v) is 2.69. The lowest BCUT2D eigenvalue weighted by Gasteiger charge is -2.10. The van der Waals surface area contributed by atoms with Crippen molar-refractivity contribution in [1.82, 2.24) is 9.78 Å². The summed E-state index contributed by atoms with van der Waals surface area (Å²) < 4.78 is 1.70. The Hall–Kier alpha value is -2.88. The summed E-state index contributed by atoms with van der Waals surface area (Å²) in [6.45, 7) is 6.06. The molecule has 0 bridgehead atoms. The zero-order chi connectivity index (χ0) is 16.6. The van der Waals surface area contributed by atoms with Gasteiger partial charge in [0.15, 0.2) is 5.69 Å². The number of aromatic nitrogens is 2. The standard InChI is InChI=1S/C19H18N2O2/c1-12-4-6-15(7-5-12)18-11-17(19(22)23)20-21(18)16-9-13(2)8-14(3)10-16/h4-11H,1-3H3,(H,22,23). The van der Waals surface area contributed by atoms with Crippen LogP contribution in [-0.2, 0) is 0 Å². The van der Waals surface area contributed by atoms with Crippen LogP contribution in [0.4, 0.5) is 0 Å². The SMILES string of the molecule is Cc1ccc(-c2cc(C(=O)O)nn2-c2cc(C)cc(C)c2)cc1. The average molecular weight is 306 g/mol. The number of aryl methyl sites for hydroxylation is 3. The molecule has 0 fully saturated rings. The zero-order valence-electron chi connectivity index (χ0n) is 13.4. The van der Waals surface area contributed by atoms with Crippen LogP contribution >= 0.6 is 0 Å². The molecule has 0 atom stereocenters. The lowest BCUT2D eigenvalue weighted by molar-refractivity contribution is 0.0690. The Kier molecular flexibility index (Phi) is 3.74. The van der Waals surface area contributed by atoms with Gasteiger partial charge in [-0.1, -0.05) is 35.9 Å². The van der Waals surface area contributed by atoms with Gasteiger partial charge < -0.3 is 5.11 Å². The van der Waals surface area contributed by atoms with Crippen LogP contribution in [0, 0.1) is 20.8 Å². The van der Waals surface area contributed by atoms with Gasteiger partial charge in [-0.25, -0.2) is 9.48 Å². The topological polar surface area (TPSA) is 55.1 Å². The van der Waals surface area contributed by atoms with E-state index in [4.69, 9.17) is 0 Å². The van der Waals surface area contributed by atoms with Gasteiger partial charge in [0.25, 0.3) is 0 Å². The number of carboxylic acid groups (broad SMARTS) is 1. The Bertz CT molecular complexity index is 857. The van der Waals surface area contributed by atoms with Crippen molar-refractivity contribution in [2.24, 2.45) is 0 Å². The molecule has 116 valence electrons. The molecule has 0 spiro atoms. The summed E-state index contributed by atoms with van der Waals surface area (Å²) in [6, 6.07) is 15.7. The van der Waals surface area contributed by atoms with Crippen LogP contribution in [0.5, 0.6) is 0 Å². The number of nitrogens with zero attached hydrogens (tertiary/aromatic N) is 2. The van der Waals surface area contributed by atoms with E-state index in [9.17, 15) is 9.90 Å². The Morgan fingerprint density at radius 1 is 0.913 bits per heavy atom. The normalized spacial score (nSPS) is 10.7. The second kappa shape index (κ2) is 5.72. The highest BCUT2D eigenvalue weighted by atomic mass is 16.4. The predicted molar refractivity (Wildman–Crippen MR) is 90.2 cm³/mol. The van der Waals surface area contributed by atoms with Crippen molar-refractivity contribution in [2.45, 2.75) is 20.8 Å². The maximum atomic E-state index is 11.3. The lowest BCUT2D eigenvalue weighted by atomic mass is 10.1. The molecule has 0 amide bonds. The molecule has 0 radical (unpaired) electrons. The fraction of sp³-hybridized carbons (Fsp3) is 0.158. The molecule has 1 aromatic heterocycles. The molecule has 0 unspecified atom stereocenters. The lowest BCUT2D eigenvalue weighted by Crippen LogP contribution is -2.03. The summed E-state index contributed by atoms with van der Waals surface area (Å²) in [4.78, 5) is 11.3. The van der Waals surface area contributed by atoms with E-state index in [1.54, 1.807) is 10.7 Å². The predicted octanol–water partition coefficient (Wildman–Crippen LogP) is 4.16. The van der Waals surface area contributed by atoms with E-state index in [0.717, 1.165) is 33.6 Å². The van der Waals surface area contributed by atoms with Crippen LogP contribution in [0.3, 0.4) is 0 Å². The second-order valence-corrected chi connectivity index (χ2v) is 5.84. The maximum absolute atomic E-state index is 11.3. The van der Waals surface area contributed by atoms with E-state index in [-0.39, 0.29) is 5.69 Å². The number of hydrogen-bond acceptors (Lipinski definition) is 2. The van der Waals surface area contributed by atoms with Gasteiger partial charge in [0.05, 0.1) is 11.4 Å². The van der Waals surface area contributed by atoms with E-state index < -0.39 is 5.97 Å². The van der Waals surface area contributed by atoms with Gasteiger partial charge in [0.1, 0.15) is 0 Å². The average Bonchev–Trinajstić information content (AvgIpc) is 2.92. The third kappa shape index (κ3) is 3.01. The molecule has 3 aromatic rings. The van der Waals surface area contributed by atoms with Crippen molar-refractivity contribution in [3.05, 3.63) is 70.9 Å². The molecule has 0 aliphatic carbocycles. The van der Waals surface area contributed by atoms with Crippen LogP contribution in [-0.4, -0.2) is 20.9 Å². The number of carbonyl (C=O) groups is 1. The van der Waals surface area contributed by atoms with Gasteiger partial charge in [-0.3, -0.25) is 0 Å². The molecule has 3 rings (SSSR count). The van der Waals surface area contributed by atoms with E-state index in [1.807, 2.05) is 57.2 Å². The molecule has 1 N–H and O–H groups in total. The van der Waals surface area contributed by atoms with Gasteiger partial charge in [-0.2, -0.15) is 5.10 Å². The molecular formula is C19H18N2O2. The quantitative estimate of drug-likeness (QED) is 0.790. The van der Waals surface area contributed by atoms with Gasteiger partial charge in [-0.15, -0.1) is 0 Å². The highest BCUT2D eigenvalue weighted by Gasteiger charge is 2.16. The molecule has 1 heterocycles. The summed E-state index contributed by atoms with van der Waals surface area (Å²) in [6.07, 6.45) is 0. The van der Waals surface area contributed by atoms with E-state index in [1.165, 1.54) is 0 Å². The molecule has 4 heteroatoms. The van der Waals surface area contributed by atoms with Crippen molar-refractivity contribution < 1.29 is 9.90 Å². The third-order valence-electron chi connectivity index (χ3n) is 3.73. The molecular weight excluding hydrogens is 288 g/mol. The molecule has 4 nitrogen and oxygen atoms in total. The first-order valence-corrected chi connectivity index (χ1v) is 7.43. The minimum absolute atomic E-state index is 0.0414. The summed E-state index contributed by atoms with van der Waals surface area (Å²) in [5.74, 6) is -1.03. The monoisotopic (exact) mass is 306 g/mol. The minimum atomic E-state index is -1.03. The third-order valence-corrected chi connectivity index (χ3v) is 3.73. The summed E-state index contributed by atoms with van der Waals surface area (Å²) in [7, 11) is 0. The number of carboxylic acids is 1. The molecule has 0 saturated heterocycles. The number of rotatable bonds is 3. The molecule has 0 aliphatic heterocycles. The van der Waals surface area contributed by atoms with E-state index in [0.29, 0.717) is 0 Å². The Balaban J connectivity index is 2.22. The highest BCUT2D eigenvalue weighted by molar-refractivity contribution is 5.87. The van der Waals surface area contributed by atoms with Crippen molar-refractivity contribution in [3.8, 4) is 16.9 Å². The molecule has 0 aliphatic rings. The zero-order valence-corrected chi connectivity index (χ0v) is 13.4. The number of aromatic carboxylic acids is 1. The second-order valence-electron chi connectivity index (χ2n) is 5.84. The van der Waals surface area contributed by atoms with Gasteiger partial charge in [-0.05, 0) is 50.1 Å². The van der Waals surface area contributed by atoms with E-state index >= 15 is 0 Å². The van der Waals surface area contributed by atoms with Crippen molar-refractivity contribution in [1.29, 1.82) is 0 Å². The minimum Gasteiger partial charge on any atom is -0.476 e. The van der Waals surface area contributed by atoms with E-state index in [2.05, 4.69) is 11.2 Å². The molecule has 0 saturated carbocycles. The fourth-order valence-electron chi connectivity index (χ4n) is 2.69. The summed E-state index contributed by atoms with van der Waals surface area (Å²) >= 11 is 0. The number of hydrogen-bond donors (Lipinski definition) is 1. The van der Waals surface area contributed by atoms with Gasteiger partial charge in [0, 0.05) is 5.56 Å². The highest BCUT2D eigenvalue weighted by Crippen LogP contribution is 2.25. The Morgan fingerprint density at radius 3 is 2.09 bits per heavy atom. The smallest absolute Gasteiger partial charge is 0.356 e. The van der Waals surface area contributed by atoms with Crippen molar-refractivity contribution >= 4 is 5.97 Å². The van der Waals surface area contributed by atoms with Crippen LogP contribution in [0.1, 0.15) is 27.2 Å². The first-order chi connectivity index (χ1) is 10.9. The van der Waals surface area contributed by atoms with Crippen LogP contribution in [0.25, 0.3) is 16.9 Å². The van der Waals surface area contributed by atoms with Crippen LogP contribution in [0.2, 0.25) is 0 Å². The summed E-state index contributed by atoms with van der Waals surface area (Å²) in [5.41, 5.74) is 6.00. The largest absolute Gasteiger partial charge is 0.476 e. The molecule has 23 heavy (non-hydrogen) atoms.